The molecule has 2 N–H and O–H groups in total. The molecule has 3 aliphatic rings. The highest BCUT2D eigenvalue weighted by molar-refractivity contribution is 5.48. The molecule has 1 saturated carbocycles. The van der Waals surface area contributed by atoms with Gasteiger partial charge < -0.3 is 10.6 Å². The summed E-state index contributed by atoms with van der Waals surface area (Å²) in [7, 11) is 2.27. The Hall–Kier alpha value is -1.36. The molecule has 5 heteroatoms. The second-order valence-corrected chi connectivity index (χ2v) is 6.57. The van der Waals surface area contributed by atoms with Crippen molar-refractivity contribution in [1.82, 2.24) is 14.9 Å². The number of rotatable bonds is 2. The van der Waals surface area contributed by atoms with E-state index in [9.17, 15) is 0 Å². The molecule has 2 unspecified atom stereocenters. The molecule has 2 saturated heterocycles. The van der Waals surface area contributed by atoms with Gasteiger partial charge in [0.1, 0.15) is 17.5 Å². The normalized spacial score (nSPS) is 30.6. The molecule has 1 aromatic rings. The second kappa shape index (κ2) is 4.58. The van der Waals surface area contributed by atoms with Gasteiger partial charge in [-0.25, -0.2) is 9.97 Å². The van der Waals surface area contributed by atoms with Crippen LogP contribution in [0.1, 0.15) is 43.8 Å². The summed E-state index contributed by atoms with van der Waals surface area (Å²) in [6.07, 6.45) is 6.34. The first-order chi connectivity index (χ1) is 9.70. The maximum absolute atomic E-state index is 5.99. The van der Waals surface area contributed by atoms with Crippen molar-refractivity contribution in [2.45, 2.75) is 50.1 Å². The van der Waals surface area contributed by atoms with E-state index < -0.39 is 0 Å². The van der Waals surface area contributed by atoms with Gasteiger partial charge in [0.05, 0.1) is 0 Å². The number of hydrogen-bond acceptors (Lipinski definition) is 5. The number of fused-ring (bicyclic) bond motifs is 2. The van der Waals surface area contributed by atoms with Gasteiger partial charge in [-0.2, -0.15) is 0 Å². The molecule has 2 atom stereocenters. The first-order valence-corrected chi connectivity index (χ1v) is 7.82. The lowest BCUT2D eigenvalue weighted by Gasteiger charge is -2.27. The predicted octanol–water partition coefficient (Wildman–Crippen LogP) is 1.61. The minimum absolute atomic E-state index is 0.559. The number of nitrogens with zero attached hydrogens (tertiary/aromatic N) is 4. The second-order valence-electron chi connectivity index (χ2n) is 6.57. The molecule has 0 radical (unpaired) electrons. The van der Waals surface area contributed by atoms with Crippen LogP contribution in [0.25, 0.3) is 0 Å². The number of aromatic nitrogens is 2. The smallest absolute Gasteiger partial charge is 0.136 e. The van der Waals surface area contributed by atoms with Gasteiger partial charge in [-0.05, 0) is 39.2 Å². The number of likely N-dealkylation sites (N-methyl/N-ethyl adjacent to an activating group) is 1. The molecule has 1 aromatic heterocycles. The minimum atomic E-state index is 0.559. The van der Waals surface area contributed by atoms with Crippen LogP contribution in [0, 0.1) is 0 Å². The van der Waals surface area contributed by atoms with Crippen LogP contribution in [0.3, 0.4) is 0 Å². The van der Waals surface area contributed by atoms with Crippen LogP contribution < -0.4 is 10.6 Å². The van der Waals surface area contributed by atoms with Crippen molar-refractivity contribution in [2.24, 2.45) is 0 Å². The van der Waals surface area contributed by atoms with Crippen LogP contribution in [-0.2, 0) is 0 Å². The monoisotopic (exact) mass is 273 g/mol. The van der Waals surface area contributed by atoms with Gasteiger partial charge in [-0.1, -0.05) is 0 Å². The summed E-state index contributed by atoms with van der Waals surface area (Å²) in [6, 6.07) is 3.38. The fraction of sp³-hybridized carbons (Fsp3) is 0.733. The van der Waals surface area contributed by atoms with Crippen molar-refractivity contribution in [1.29, 1.82) is 0 Å². The van der Waals surface area contributed by atoms with Crippen molar-refractivity contribution < 1.29 is 0 Å². The maximum Gasteiger partial charge on any atom is 0.136 e. The molecule has 2 aliphatic heterocycles. The minimum Gasteiger partial charge on any atom is -0.384 e. The van der Waals surface area contributed by atoms with Crippen molar-refractivity contribution in [3.8, 4) is 0 Å². The summed E-state index contributed by atoms with van der Waals surface area (Å²) in [4.78, 5) is 14.2. The Balaban J connectivity index is 1.60. The average molecular weight is 273 g/mol. The van der Waals surface area contributed by atoms with Crippen LogP contribution in [0.2, 0.25) is 0 Å². The van der Waals surface area contributed by atoms with Crippen LogP contribution in [0.15, 0.2) is 6.07 Å². The zero-order valence-corrected chi connectivity index (χ0v) is 12.1. The third-order valence-electron chi connectivity index (χ3n) is 5.16. The molecule has 1 aliphatic carbocycles. The van der Waals surface area contributed by atoms with E-state index in [1.807, 2.05) is 6.07 Å². The average Bonchev–Trinajstić information content (AvgIpc) is 3.18. The Morgan fingerprint density at radius 3 is 2.70 bits per heavy atom. The Morgan fingerprint density at radius 2 is 1.90 bits per heavy atom. The fourth-order valence-electron chi connectivity index (χ4n) is 3.67. The Labute approximate surface area is 120 Å². The van der Waals surface area contributed by atoms with E-state index >= 15 is 0 Å². The van der Waals surface area contributed by atoms with Crippen LogP contribution in [0.4, 0.5) is 11.6 Å². The van der Waals surface area contributed by atoms with Crippen molar-refractivity contribution in [3.05, 3.63) is 11.9 Å². The largest absolute Gasteiger partial charge is 0.384 e. The topological polar surface area (TPSA) is 58.3 Å². The molecule has 108 valence electrons. The van der Waals surface area contributed by atoms with Crippen LogP contribution >= 0.6 is 0 Å². The number of nitrogen functional groups attached to an aromatic ring is 1. The van der Waals surface area contributed by atoms with E-state index in [0.29, 0.717) is 17.8 Å². The summed E-state index contributed by atoms with van der Waals surface area (Å²) in [5.41, 5.74) is 5.99. The van der Waals surface area contributed by atoms with Gasteiger partial charge in [0.15, 0.2) is 0 Å². The highest BCUT2D eigenvalue weighted by Gasteiger charge is 2.35. The van der Waals surface area contributed by atoms with E-state index in [4.69, 9.17) is 10.7 Å². The first kappa shape index (κ1) is 12.4. The lowest BCUT2D eigenvalue weighted by molar-refractivity contribution is 0.254. The van der Waals surface area contributed by atoms with Gasteiger partial charge in [-0.15, -0.1) is 0 Å². The van der Waals surface area contributed by atoms with E-state index in [1.165, 1.54) is 32.1 Å². The van der Waals surface area contributed by atoms with E-state index in [2.05, 4.69) is 21.8 Å². The predicted molar refractivity (Wildman–Crippen MR) is 79.8 cm³/mol. The Bertz CT molecular complexity index is 513. The zero-order valence-electron chi connectivity index (χ0n) is 12.1. The summed E-state index contributed by atoms with van der Waals surface area (Å²) in [5.74, 6) is 3.19. The third-order valence-corrected chi connectivity index (χ3v) is 5.16. The summed E-state index contributed by atoms with van der Waals surface area (Å²) < 4.78 is 0. The van der Waals surface area contributed by atoms with Gasteiger partial charge in [0, 0.05) is 37.2 Å². The standard InChI is InChI=1S/C15H23N5/c1-19-11-4-5-12(19)9-20(7-6-11)14-8-13(16)17-15(18-14)10-2-3-10/h8,10-12H,2-7,9H2,1H3,(H2,16,17,18). The maximum atomic E-state index is 5.99. The number of nitrogens with two attached hydrogens (primary N) is 1. The molecule has 2 bridgehead atoms. The molecule has 0 spiro atoms. The zero-order chi connectivity index (χ0) is 13.7. The SMILES string of the molecule is CN1C2CCC1CN(c1cc(N)nc(C3CC3)n1)CC2. The molecule has 5 nitrogen and oxygen atoms in total. The fourth-order valence-corrected chi connectivity index (χ4v) is 3.67. The lowest BCUT2D eigenvalue weighted by Crippen LogP contribution is -2.37. The summed E-state index contributed by atoms with van der Waals surface area (Å²) >= 11 is 0. The molecule has 0 aromatic carbocycles. The first-order valence-electron chi connectivity index (χ1n) is 7.82. The molecule has 20 heavy (non-hydrogen) atoms. The quantitative estimate of drug-likeness (QED) is 0.887. The lowest BCUT2D eigenvalue weighted by atomic mass is 10.1. The van der Waals surface area contributed by atoms with Crippen LogP contribution in [-0.4, -0.2) is 47.1 Å². The summed E-state index contributed by atoms with van der Waals surface area (Å²) in [5, 5.41) is 0. The van der Waals surface area contributed by atoms with Crippen molar-refractivity contribution in [3.63, 3.8) is 0 Å². The van der Waals surface area contributed by atoms with Crippen molar-refractivity contribution >= 4 is 11.6 Å². The van der Waals surface area contributed by atoms with Crippen molar-refractivity contribution in [2.75, 3.05) is 30.8 Å². The molecule has 0 amide bonds. The molecule has 3 heterocycles. The Morgan fingerprint density at radius 1 is 1.10 bits per heavy atom. The van der Waals surface area contributed by atoms with Gasteiger partial charge in [-0.3, -0.25) is 4.90 Å². The van der Waals surface area contributed by atoms with E-state index in [-0.39, 0.29) is 0 Å². The molecular weight excluding hydrogens is 250 g/mol. The Kier molecular flexibility index (Phi) is 2.84. The number of hydrogen-bond donors (Lipinski definition) is 1. The molecule has 4 rings (SSSR count). The molecule has 3 fully saturated rings. The molecular formula is C15H23N5. The van der Waals surface area contributed by atoms with Gasteiger partial charge in [0.2, 0.25) is 0 Å². The van der Waals surface area contributed by atoms with E-state index in [0.717, 1.165) is 30.8 Å². The van der Waals surface area contributed by atoms with Crippen LogP contribution in [0.5, 0.6) is 0 Å². The van der Waals surface area contributed by atoms with Gasteiger partial charge in [0.25, 0.3) is 0 Å². The number of anilines is 2. The highest BCUT2D eigenvalue weighted by Crippen LogP contribution is 2.39. The highest BCUT2D eigenvalue weighted by atomic mass is 15.3. The van der Waals surface area contributed by atoms with Gasteiger partial charge >= 0.3 is 0 Å². The third kappa shape index (κ3) is 2.14. The van der Waals surface area contributed by atoms with E-state index in [1.54, 1.807) is 0 Å². The summed E-state index contributed by atoms with van der Waals surface area (Å²) in [6.45, 7) is 2.17.